The highest BCUT2D eigenvalue weighted by Gasteiger charge is 2.63. The molecule has 0 aromatic rings. The van der Waals surface area contributed by atoms with Crippen LogP contribution in [0.3, 0.4) is 0 Å². The number of hydrogen-bond donors (Lipinski definition) is 0. The van der Waals surface area contributed by atoms with Crippen molar-refractivity contribution in [2.45, 2.75) is 98.5 Å². The van der Waals surface area contributed by atoms with Crippen LogP contribution in [0.2, 0.25) is 0 Å². The quantitative estimate of drug-likeness (QED) is 0.595. The fourth-order valence-corrected chi connectivity index (χ4v) is 8.59. The number of carbonyl (C=O) groups is 2. The molecule has 0 bridgehead atoms. The third-order valence-corrected chi connectivity index (χ3v) is 10.2. The van der Waals surface area contributed by atoms with Gasteiger partial charge in [-0.15, -0.1) is 0 Å². The molecule has 3 nitrogen and oxygen atoms in total. The summed E-state index contributed by atoms with van der Waals surface area (Å²) < 4.78 is 5.64. The molecular weight excluding hydrogens is 336 g/mol. The van der Waals surface area contributed by atoms with Crippen molar-refractivity contribution >= 4 is 11.8 Å². The number of fused-ring (bicyclic) bond motifs is 5. The molecule has 4 aliphatic rings. The van der Waals surface area contributed by atoms with E-state index in [0.717, 1.165) is 37.0 Å². The molecule has 0 aromatic carbocycles. The number of hydrogen-bond acceptors (Lipinski definition) is 3. The minimum atomic E-state index is -0.129. The molecule has 152 valence electrons. The molecule has 3 heteroatoms. The number of ketones is 1. The Morgan fingerprint density at radius 2 is 1.59 bits per heavy atom. The summed E-state index contributed by atoms with van der Waals surface area (Å²) in [5.74, 6) is 2.89. The Morgan fingerprint density at radius 1 is 0.852 bits per heavy atom. The summed E-state index contributed by atoms with van der Waals surface area (Å²) in [6.07, 6.45) is 10.8. The molecule has 0 N–H and O–H groups in total. The van der Waals surface area contributed by atoms with Gasteiger partial charge in [-0.05, 0) is 98.7 Å². The fraction of sp³-hybridized carbons (Fsp3) is 0.917. The predicted octanol–water partition coefficient (Wildman–Crippen LogP) is 5.56. The molecule has 0 spiro atoms. The second-order valence-electron chi connectivity index (χ2n) is 11.2. The lowest BCUT2D eigenvalue weighted by molar-refractivity contribution is -0.183. The second-order valence-corrected chi connectivity index (χ2v) is 11.2. The molecule has 0 saturated heterocycles. The summed E-state index contributed by atoms with van der Waals surface area (Å²) in [4.78, 5) is 23.8. The summed E-state index contributed by atoms with van der Waals surface area (Å²) in [6, 6.07) is 0. The van der Waals surface area contributed by atoms with E-state index in [9.17, 15) is 9.59 Å². The molecule has 8 atom stereocenters. The Labute approximate surface area is 165 Å². The van der Waals surface area contributed by atoms with E-state index >= 15 is 0 Å². The average Bonchev–Trinajstić information content (AvgIpc) is 2.93. The van der Waals surface area contributed by atoms with E-state index in [2.05, 4.69) is 20.8 Å². The first-order chi connectivity index (χ1) is 12.6. The van der Waals surface area contributed by atoms with Gasteiger partial charge in [0.1, 0.15) is 11.9 Å². The van der Waals surface area contributed by atoms with Crippen LogP contribution in [-0.4, -0.2) is 17.9 Å². The van der Waals surface area contributed by atoms with Gasteiger partial charge < -0.3 is 4.74 Å². The molecule has 8 unspecified atom stereocenters. The van der Waals surface area contributed by atoms with Crippen LogP contribution in [-0.2, 0) is 14.3 Å². The van der Waals surface area contributed by atoms with Gasteiger partial charge in [-0.3, -0.25) is 9.59 Å². The van der Waals surface area contributed by atoms with Crippen molar-refractivity contribution in [3.8, 4) is 0 Å². The van der Waals surface area contributed by atoms with Crippen LogP contribution in [0.5, 0.6) is 0 Å². The Morgan fingerprint density at radius 3 is 2.26 bits per heavy atom. The minimum absolute atomic E-state index is 0.111. The van der Waals surface area contributed by atoms with Crippen molar-refractivity contribution < 1.29 is 14.3 Å². The summed E-state index contributed by atoms with van der Waals surface area (Å²) in [5, 5.41) is 0. The number of carbonyl (C=O) groups excluding carboxylic acids is 2. The zero-order valence-electron chi connectivity index (χ0n) is 18.0. The monoisotopic (exact) mass is 374 g/mol. The molecule has 4 aliphatic carbocycles. The first kappa shape index (κ1) is 19.5. The zero-order chi connectivity index (χ0) is 19.6. The molecule has 0 radical (unpaired) electrons. The third kappa shape index (κ3) is 2.74. The van der Waals surface area contributed by atoms with Gasteiger partial charge in [0.25, 0.3) is 0 Å². The number of rotatable bonds is 2. The Bertz CT molecular complexity index is 642. The highest BCUT2D eigenvalue weighted by Crippen LogP contribution is 2.70. The second kappa shape index (κ2) is 6.32. The van der Waals surface area contributed by atoms with E-state index in [1.54, 1.807) is 6.92 Å². The standard InChI is InChI=1S/C24H38O3/c1-15(25)19-6-7-20-18-9-11-22(3)14-17(27-16(2)26)8-13-24(22,5)21(18)10-12-23(19,20)4/h17-21H,6-14H2,1-5H3. The van der Waals surface area contributed by atoms with E-state index in [1.165, 1.54) is 38.5 Å². The number of ether oxygens (including phenoxy) is 1. The Kier molecular flexibility index (Phi) is 4.56. The van der Waals surface area contributed by atoms with Crippen molar-refractivity contribution in [1.29, 1.82) is 0 Å². The first-order valence-electron chi connectivity index (χ1n) is 11.3. The van der Waals surface area contributed by atoms with Gasteiger partial charge in [0.05, 0.1) is 0 Å². The fourth-order valence-electron chi connectivity index (χ4n) is 8.59. The highest BCUT2D eigenvalue weighted by molar-refractivity contribution is 5.79. The van der Waals surface area contributed by atoms with Gasteiger partial charge in [0.15, 0.2) is 0 Å². The van der Waals surface area contributed by atoms with Crippen LogP contribution in [0, 0.1) is 39.9 Å². The lowest BCUT2D eigenvalue weighted by Crippen LogP contribution is -2.58. The van der Waals surface area contributed by atoms with Crippen LogP contribution in [0.25, 0.3) is 0 Å². The van der Waals surface area contributed by atoms with Gasteiger partial charge in [-0.1, -0.05) is 20.8 Å². The van der Waals surface area contributed by atoms with Crippen molar-refractivity contribution in [1.82, 2.24) is 0 Å². The Balaban J connectivity index is 1.59. The van der Waals surface area contributed by atoms with E-state index in [4.69, 9.17) is 4.74 Å². The van der Waals surface area contributed by atoms with Gasteiger partial charge in [0, 0.05) is 12.8 Å². The highest BCUT2D eigenvalue weighted by atomic mass is 16.5. The van der Waals surface area contributed by atoms with Gasteiger partial charge in [-0.25, -0.2) is 0 Å². The number of esters is 1. The van der Waals surface area contributed by atoms with Crippen LogP contribution in [0.4, 0.5) is 0 Å². The van der Waals surface area contributed by atoms with Crippen molar-refractivity contribution in [3.05, 3.63) is 0 Å². The van der Waals surface area contributed by atoms with Crippen LogP contribution in [0.15, 0.2) is 0 Å². The van der Waals surface area contributed by atoms with Crippen molar-refractivity contribution in [3.63, 3.8) is 0 Å². The van der Waals surface area contributed by atoms with E-state index in [1.807, 2.05) is 6.92 Å². The molecule has 0 aliphatic heterocycles. The number of Topliss-reactive ketones (excluding diaryl/α,β-unsaturated/α-hetero) is 1. The van der Waals surface area contributed by atoms with E-state index in [-0.39, 0.29) is 22.9 Å². The van der Waals surface area contributed by atoms with Crippen molar-refractivity contribution in [2.24, 2.45) is 39.9 Å². The normalized spacial score (nSPS) is 51.7. The minimum Gasteiger partial charge on any atom is -0.463 e. The van der Waals surface area contributed by atoms with E-state index in [0.29, 0.717) is 17.1 Å². The van der Waals surface area contributed by atoms with Gasteiger partial charge >= 0.3 is 5.97 Å². The summed E-state index contributed by atoms with van der Waals surface area (Å²) >= 11 is 0. The van der Waals surface area contributed by atoms with Crippen LogP contribution < -0.4 is 0 Å². The lowest BCUT2D eigenvalue weighted by atomic mass is 9.40. The molecule has 4 saturated carbocycles. The topological polar surface area (TPSA) is 43.4 Å². The maximum absolute atomic E-state index is 12.3. The van der Waals surface area contributed by atoms with Crippen LogP contribution in [0.1, 0.15) is 92.4 Å². The summed E-state index contributed by atoms with van der Waals surface area (Å²) in [5.41, 5.74) is 0.868. The SMILES string of the molecule is CC(=O)OC1CCC2(C)C3CCC4(C)C(C(C)=O)CCC4C3CCC2(C)C1. The van der Waals surface area contributed by atoms with Crippen LogP contribution >= 0.6 is 0 Å². The first-order valence-corrected chi connectivity index (χ1v) is 11.3. The third-order valence-electron chi connectivity index (χ3n) is 10.2. The van der Waals surface area contributed by atoms with Gasteiger partial charge in [0.2, 0.25) is 0 Å². The molecule has 0 heterocycles. The molecule has 27 heavy (non-hydrogen) atoms. The zero-order valence-corrected chi connectivity index (χ0v) is 18.0. The maximum Gasteiger partial charge on any atom is 0.302 e. The smallest absolute Gasteiger partial charge is 0.302 e. The molecule has 0 aromatic heterocycles. The summed E-state index contributed by atoms with van der Waals surface area (Å²) in [7, 11) is 0. The molecule has 0 amide bonds. The van der Waals surface area contributed by atoms with Gasteiger partial charge in [-0.2, -0.15) is 0 Å². The Hall–Kier alpha value is -0.860. The van der Waals surface area contributed by atoms with Crippen molar-refractivity contribution in [2.75, 3.05) is 0 Å². The lowest BCUT2D eigenvalue weighted by Gasteiger charge is -2.65. The summed E-state index contributed by atoms with van der Waals surface area (Å²) in [6.45, 7) is 10.8. The predicted molar refractivity (Wildman–Crippen MR) is 106 cm³/mol. The largest absolute Gasteiger partial charge is 0.463 e. The maximum atomic E-state index is 12.3. The molecule has 4 rings (SSSR count). The van der Waals surface area contributed by atoms with E-state index < -0.39 is 0 Å². The average molecular weight is 375 g/mol. The molecular formula is C24H38O3. The molecule has 4 fully saturated rings.